The number of aryl methyl sites for hydroxylation is 3. The Hall–Kier alpha value is -3.81. The molecule has 0 amide bonds. The molecular weight excluding hydrogens is 404 g/mol. The average Bonchev–Trinajstić information content (AvgIpc) is 3.45. The van der Waals surface area contributed by atoms with Gasteiger partial charge in [-0.2, -0.15) is 0 Å². The van der Waals surface area contributed by atoms with E-state index in [1.807, 2.05) is 45.0 Å². The summed E-state index contributed by atoms with van der Waals surface area (Å²) in [5.41, 5.74) is 7.02. The van der Waals surface area contributed by atoms with Crippen LogP contribution in [0.3, 0.4) is 0 Å². The number of hydrogen-bond donors (Lipinski definition) is 3. The van der Waals surface area contributed by atoms with E-state index < -0.39 is 0 Å². The predicted octanol–water partition coefficient (Wildman–Crippen LogP) is 3.61. The van der Waals surface area contributed by atoms with Crippen molar-refractivity contribution < 1.29 is 0 Å². The molecule has 5 rings (SSSR count). The summed E-state index contributed by atoms with van der Waals surface area (Å²) in [4.78, 5) is 37.6. The monoisotopic (exact) mass is 430 g/mol. The van der Waals surface area contributed by atoms with Crippen molar-refractivity contribution in [2.45, 2.75) is 33.6 Å². The van der Waals surface area contributed by atoms with Gasteiger partial charge in [-0.25, -0.2) is 9.48 Å². The van der Waals surface area contributed by atoms with Gasteiger partial charge in [-0.3, -0.25) is 14.9 Å². The first-order valence-electron chi connectivity index (χ1n) is 10.8. The van der Waals surface area contributed by atoms with Crippen LogP contribution in [0.25, 0.3) is 16.7 Å². The Bertz CT molecular complexity index is 1460. The molecule has 0 radical (unpaired) electrons. The van der Waals surface area contributed by atoms with Crippen LogP contribution in [0.5, 0.6) is 0 Å². The highest BCUT2D eigenvalue weighted by molar-refractivity contribution is 5.91. The predicted molar refractivity (Wildman–Crippen MR) is 128 cm³/mol. The first kappa shape index (κ1) is 20.1. The number of imidazole rings is 1. The summed E-state index contributed by atoms with van der Waals surface area (Å²) in [5, 5.41) is 3.18. The van der Waals surface area contributed by atoms with Crippen LogP contribution in [0.4, 0.5) is 11.4 Å². The fraction of sp³-hybridized carbons (Fsp3) is 0.292. The third-order valence-electron chi connectivity index (χ3n) is 6.10. The van der Waals surface area contributed by atoms with Crippen LogP contribution in [0.2, 0.25) is 0 Å². The first-order valence-corrected chi connectivity index (χ1v) is 10.8. The van der Waals surface area contributed by atoms with Crippen molar-refractivity contribution >= 4 is 28.6 Å². The van der Waals surface area contributed by atoms with Gasteiger partial charge in [0.25, 0.3) is 5.56 Å². The molecule has 1 fully saturated rings. The molecule has 1 saturated heterocycles. The van der Waals surface area contributed by atoms with Crippen molar-refractivity contribution in [3.8, 4) is 5.69 Å². The summed E-state index contributed by atoms with van der Waals surface area (Å²) in [6, 6.07) is 9.82. The van der Waals surface area contributed by atoms with Crippen molar-refractivity contribution in [1.29, 1.82) is 0 Å². The van der Waals surface area contributed by atoms with E-state index in [-0.39, 0.29) is 11.2 Å². The van der Waals surface area contributed by atoms with Gasteiger partial charge < -0.3 is 14.9 Å². The standard InChI is InChI=1S/C24H26N6O2/c1-14-6-7-21(15(2)10-14)30-23(31)17(16(3)28-30)13-25-20-11-18-19(27-24(32)26-18)12-22(20)29-8-4-5-9-29/h6-7,10-13,28H,4-5,8-9H2,1-3H3,(H2,26,27,32). The average molecular weight is 431 g/mol. The van der Waals surface area contributed by atoms with Gasteiger partial charge in [0, 0.05) is 25.0 Å². The Kier molecular flexibility index (Phi) is 4.84. The van der Waals surface area contributed by atoms with Crippen molar-refractivity contribution in [1.82, 2.24) is 19.7 Å². The molecule has 164 valence electrons. The molecule has 0 atom stereocenters. The molecule has 0 bridgehead atoms. The topological polar surface area (TPSA) is 102 Å². The number of rotatable bonds is 4. The lowest BCUT2D eigenvalue weighted by atomic mass is 10.1. The second-order valence-electron chi connectivity index (χ2n) is 8.50. The maximum absolute atomic E-state index is 13.2. The molecular formula is C24H26N6O2. The smallest absolute Gasteiger partial charge is 0.323 e. The van der Waals surface area contributed by atoms with Crippen molar-refractivity contribution in [2.75, 3.05) is 18.0 Å². The summed E-state index contributed by atoms with van der Waals surface area (Å²) in [6.45, 7) is 7.80. The van der Waals surface area contributed by atoms with Gasteiger partial charge in [0.15, 0.2) is 0 Å². The number of H-pyrrole nitrogens is 3. The highest BCUT2D eigenvalue weighted by Crippen LogP contribution is 2.34. The quantitative estimate of drug-likeness (QED) is 0.431. The lowest BCUT2D eigenvalue weighted by Gasteiger charge is -2.19. The molecule has 8 nitrogen and oxygen atoms in total. The fourth-order valence-electron chi connectivity index (χ4n) is 4.45. The molecule has 0 saturated carbocycles. The lowest BCUT2D eigenvalue weighted by Crippen LogP contribution is -2.18. The van der Waals surface area contributed by atoms with Gasteiger partial charge in [-0.15, -0.1) is 0 Å². The Labute approximate surface area is 184 Å². The van der Waals surface area contributed by atoms with Crippen molar-refractivity contribution in [2.24, 2.45) is 4.99 Å². The Balaban J connectivity index is 1.58. The molecule has 2 aromatic carbocycles. The Morgan fingerprint density at radius 1 is 0.938 bits per heavy atom. The van der Waals surface area contributed by atoms with Gasteiger partial charge >= 0.3 is 5.69 Å². The van der Waals surface area contributed by atoms with E-state index in [1.165, 1.54) is 0 Å². The zero-order valence-corrected chi connectivity index (χ0v) is 18.5. The molecule has 3 heterocycles. The number of aliphatic imine (C=N–C) groups is 1. The van der Waals surface area contributed by atoms with E-state index in [0.717, 1.165) is 65.3 Å². The zero-order chi connectivity index (χ0) is 22.4. The molecule has 2 aromatic heterocycles. The van der Waals surface area contributed by atoms with Gasteiger partial charge in [-0.05, 0) is 57.4 Å². The van der Waals surface area contributed by atoms with E-state index in [9.17, 15) is 9.59 Å². The minimum atomic E-state index is -0.244. The zero-order valence-electron chi connectivity index (χ0n) is 18.5. The second kappa shape index (κ2) is 7.71. The van der Waals surface area contributed by atoms with Crippen LogP contribution >= 0.6 is 0 Å². The van der Waals surface area contributed by atoms with E-state index >= 15 is 0 Å². The van der Waals surface area contributed by atoms with Crippen LogP contribution in [0, 0.1) is 20.8 Å². The molecule has 0 unspecified atom stereocenters. The molecule has 0 spiro atoms. The van der Waals surface area contributed by atoms with Gasteiger partial charge in [0.2, 0.25) is 0 Å². The normalized spacial score (nSPS) is 14.3. The molecule has 32 heavy (non-hydrogen) atoms. The Morgan fingerprint density at radius 3 is 2.38 bits per heavy atom. The minimum absolute atomic E-state index is 0.142. The van der Waals surface area contributed by atoms with Crippen LogP contribution in [0.15, 0.2) is 44.9 Å². The van der Waals surface area contributed by atoms with Crippen LogP contribution < -0.4 is 16.1 Å². The summed E-state index contributed by atoms with van der Waals surface area (Å²) >= 11 is 0. The third-order valence-corrected chi connectivity index (χ3v) is 6.10. The largest absolute Gasteiger partial charge is 0.370 e. The number of nitrogens with one attached hydrogen (secondary N) is 3. The number of aromatic nitrogens is 4. The van der Waals surface area contributed by atoms with Crippen LogP contribution in [0.1, 0.15) is 35.2 Å². The highest BCUT2D eigenvalue weighted by Gasteiger charge is 2.18. The summed E-state index contributed by atoms with van der Waals surface area (Å²) in [5.74, 6) is 0. The number of hydrogen-bond acceptors (Lipinski definition) is 4. The molecule has 8 heteroatoms. The number of aromatic amines is 3. The molecule has 3 N–H and O–H groups in total. The maximum Gasteiger partial charge on any atom is 0.323 e. The number of benzene rings is 2. The summed E-state index contributed by atoms with van der Waals surface area (Å²) < 4.78 is 1.57. The number of anilines is 1. The van der Waals surface area contributed by atoms with Gasteiger partial charge in [0.1, 0.15) is 0 Å². The maximum atomic E-state index is 13.2. The SMILES string of the molecule is Cc1ccc(-n2[nH]c(C)c(C=Nc3cc4[nH]c(=O)[nH]c4cc3N3CCCC3)c2=O)c(C)c1. The molecule has 1 aliphatic rings. The van der Waals surface area contributed by atoms with Crippen molar-refractivity contribution in [3.63, 3.8) is 0 Å². The highest BCUT2D eigenvalue weighted by atomic mass is 16.1. The summed E-state index contributed by atoms with van der Waals surface area (Å²) in [7, 11) is 0. The van der Waals surface area contributed by atoms with E-state index in [0.29, 0.717) is 11.1 Å². The Morgan fingerprint density at radius 2 is 1.66 bits per heavy atom. The van der Waals surface area contributed by atoms with Gasteiger partial charge in [0.05, 0.1) is 33.7 Å². The third kappa shape index (κ3) is 3.47. The van der Waals surface area contributed by atoms with E-state index in [1.54, 1.807) is 10.9 Å². The first-order chi connectivity index (χ1) is 15.4. The summed E-state index contributed by atoms with van der Waals surface area (Å²) in [6.07, 6.45) is 3.88. The fourth-order valence-corrected chi connectivity index (χ4v) is 4.45. The minimum Gasteiger partial charge on any atom is -0.370 e. The number of nitrogens with zero attached hydrogens (tertiary/aromatic N) is 3. The molecule has 1 aliphatic heterocycles. The van der Waals surface area contributed by atoms with Gasteiger partial charge in [-0.1, -0.05) is 17.7 Å². The van der Waals surface area contributed by atoms with E-state index in [4.69, 9.17) is 4.99 Å². The van der Waals surface area contributed by atoms with Crippen LogP contribution in [-0.2, 0) is 0 Å². The second-order valence-corrected chi connectivity index (χ2v) is 8.50. The molecule has 4 aromatic rings. The number of fused-ring (bicyclic) bond motifs is 1. The van der Waals surface area contributed by atoms with Crippen molar-refractivity contribution in [3.05, 3.63) is 73.6 Å². The van der Waals surface area contributed by atoms with Crippen LogP contribution in [-0.4, -0.2) is 39.1 Å². The van der Waals surface area contributed by atoms with E-state index in [2.05, 4.69) is 26.0 Å². The lowest BCUT2D eigenvalue weighted by molar-refractivity contribution is 0.828. The molecule has 0 aliphatic carbocycles.